The summed E-state index contributed by atoms with van der Waals surface area (Å²) in [6.45, 7) is 11.6. The van der Waals surface area contributed by atoms with Crippen LogP contribution in [-0.4, -0.2) is 26.6 Å². The minimum atomic E-state index is -3.64. The summed E-state index contributed by atoms with van der Waals surface area (Å²) in [4.78, 5) is 13.1. The van der Waals surface area contributed by atoms with Gasteiger partial charge in [0.15, 0.2) is 0 Å². The highest BCUT2D eigenvalue weighted by Gasteiger charge is 2.30. The van der Waals surface area contributed by atoms with E-state index >= 15 is 0 Å². The summed E-state index contributed by atoms with van der Waals surface area (Å²) in [5.41, 5.74) is 5.87. The first-order valence-electron chi connectivity index (χ1n) is 9.89. The minimum absolute atomic E-state index is 0.174. The van der Waals surface area contributed by atoms with E-state index in [0.29, 0.717) is 12.1 Å². The zero-order valence-electron chi connectivity index (χ0n) is 18.4. The van der Waals surface area contributed by atoms with Crippen LogP contribution in [0.1, 0.15) is 54.1 Å². The van der Waals surface area contributed by atoms with Gasteiger partial charge in [-0.15, -0.1) is 0 Å². The largest absolute Gasteiger partial charge is 0.347 e. The molecule has 0 aliphatic carbocycles. The summed E-state index contributed by atoms with van der Waals surface area (Å²) in [7, 11) is -3.64. The van der Waals surface area contributed by atoms with Crippen molar-refractivity contribution in [2.75, 3.05) is 10.6 Å². The van der Waals surface area contributed by atoms with Crippen molar-refractivity contribution in [3.63, 3.8) is 0 Å². The number of amides is 1. The number of anilines is 1. The molecule has 0 saturated carbocycles. The quantitative estimate of drug-likeness (QED) is 0.730. The maximum atomic E-state index is 13.1. The molecule has 0 spiro atoms. The number of hydrogen-bond donors (Lipinski definition) is 1. The van der Waals surface area contributed by atoms with E-state index in [9.17, 15) is 13.2 Å². The molecule has 2 aromatic rings. The van der Waals surface area contributed by atoms with E-state index in [1.54, 1.807) is 13.0 Å². The molecule has 0 fully saturated rings. The minimum Gasteiger partial charge on any atom is -0.347 e. The van der Waals surface area contributed by atoms with E-state index in [0.717, 1.165) is 28.5 Å². The maximum Gasteiger partial charge on any atom is 0.244 e. The maximum absolute atomic E-state index is 13.1. The second kappa shape index (κ2) is 8.99. The Bertz CT molecular complexity index is 999. The molecule has 158 valence electrons. The molecule has 1 N–H and O–H groups in total. The Balaban J connectivity index is 2.34. The van der Waals surface area contributed by atoms with Gasteiger partial charge in [0.1, 0.15) is 6.04 Å². The van der Waals surface area contributed by atoms with E-state index in [1.165, 1.54) is 9.87 Å². The Kier molecular flexibility index (Phi) is 7.11. The Morgan fingerprint density at radius 2 is 1.66 bits per heavy atom. The van der Waals surface area contributed by atoms with Crippen LogP contribution in [0.15, 0.2) is 36.4 Å². The molecule has 2 rings (SSSR count). The van der Waals surface area contributed by atoms with E-state index in [1.807, 2.05) is 58.9 Å². The molecule has 1 amide bonds. The van der Waals surface area contributed by atoms with Gasteiger partial charge < -0.3 is 5.32 Å². The summed E-state index contributed by atoms with van der Waals surface area (Å²) in [5.74, 6) is -0.319. The third kappa shape index (κ3) is 5.38. The number of benzene rings is 2. The smallest absolute Gasteiger partial charge is 0.244 e. The van der Waals surface area contributed by atoms with Gasteiger partial charge >= 0.3 is 0 Å². The number of aryl methyl sites for hydroxylation is 4. The zero-order valence-corrected chi connectivity index (χ0v) is 19.2. The van der Waals surface area contributed by atoms with Crippen molar-refractivity contribution in [1.29, 1.82) is 0 Å². The molecule has 5 nitrogen and oxygen atoms in total. The molecule has 2 aromatic carbocycles. The molecule has 0 aliphatic heterocycles. The molecule has 0 bridgehead atoms. The first kappa shape index (κ1) is 22.9. The van der Waals surface area contributed by atoms with Crippen molar-refractivity contribution in [1.82, 2.24) is 5.32 Å². The van der Waals surface area contributed by atoms with Crippen molar-refractivity contribution >= 4 is 21.6 Å². The van der Waals surface area contributed by atoms with E-state index in [2.05, 4.69) is 11.4 Å². The molecule has 0 radical (unpaired) electrons. The monoisotopic (exact) mass is 416 g/mol. The van der Waals surface area contributed by atoms with E-state index < -0.39 is 16.1 Å². The molecule has 0 aromatic heterocycles. The fourth-order valence-corrected chi connectivity index (χ4v) is 4.75. The Hall–Kier alpha value is -2.34. The Labute approximate surface area is 175 Å². The standard InChI is InChI=1S/C23H32N2O3S/c1-8-22(21-12-9-15(2)13-18(21)5)24-23(26)19(6)25(29(7,27)28)20-11-10-16(3)17(4)14-20/h9-14,19,22H,8H2,1-7H3,(H,24,26)/t19-,22+/m0/s1. The second-order valence-corrected chi connectivity index (χ2v) is 9.69. The van der Waals surface area contributed by atoms with Crippen LogP contribution in [0.5, 0.6) is 0 Å². The summed E-state index contributed by atoms with van der Waals surface area (Å²) >= 11 is 0. The van der Waals surface area contributed by atoms with Gasteiger partial charge in [0.05, 0.1) is 18.0 Å². The van der Waals surface area contributed by atoms with Crippen molar-refractivity contribution in [2.45, 2.75) is 60.0 Å². The summed E-state index contributed by atoms with van der Waals surface area (Å²) in [6, 6.07) is 10.5. The summed E-state index contributed by atoms with van der Waals surface area (Å²) < 4.78 is 26.3. The Morgan fingerprint density at radius 3 is 2.17 bits per heavy atom. The molecule has 29 heavy (non-hydrogen) atoms. The van der Waals surface area contributed by atoms with Crippen LogP contribution in [0.4, 0.5) is 5.69 Å². The first-order chi connectivity index (χ1) is 13.5. The highest BCUT2D eigenvalue weighted by atomic mass is 32.2. The van der Waals surface area contributed by atoms with Gasteiger partial charge in [-0.3, -0.25) is 9.10 Å². The van der Waals surface area contributed by atoms with Gasteiger partial charge in [-0.2, -0.15) is 0 Å². The number of carbonyl (C=O) groups is 1. The lowest BCUT2D eigenvalue weighted by Gasteiger charge is -2.30. The molecule has 6 heteroatoms. The van der Waals surface area contributed by atoms with Gasteiger partial charge in [-0.1, -0.05) is 36.8 Å². The average molecular weight is 417 g/mol. The van der Waals surface area contributed by atoms with Gasteiger partial charge in [-0.25, -0.2) is 8.42 Å². The normalized spacial score (nSPS) is 13.6. The second-order valence-electron chi connectivity index (χ2n) is 7.83. The summed E-state index contributed by atoms with van der Waals surface area (Å²) in [6.07, 6.45) is 1.85. The van der Waals surface area contributed by atoms with Crippen LogP contribution in [0, 0.1) is 27.7 Å². The van der Waals surface area contributed by atoms with Crippen LogP contribution >= 0.6 is 0 Å². The lowest BCUT2D eigenvalue weighted by Crippen LogP contribution is -2.48. The number of rotatable bonds is 7. The Morgan fingerprint density at radius 1 is 1.00 bits per heavy atom. The van der Waals surface area contributed by atoms with Gasteiger partial charge in [-0.05, 0) is 75.4 Å². The third-order valence-corrected chi connectivity index (χ3v) is 6.60. The molecule has 0 aliphatic rings. The fraction of sp³-hybridized carbons (Fsp3) is 0.435. The molecule has 0 saturated heterocycles. The van der Waals surface area contributed by atoms with Crippen molar-refractivity contribution in [3.8, 4) is 0 Å². The molecule has 2 atom stereocenters. The van der Waals surface area contributed by atoms with E-state index in [-0.39, 0.29) is 11.9 Å². The third-order valence-electron chi connectivity index (χ3n) is 5.36. The fourth-order valence-electron chi connectivity index (χ4n) is 3.58. The lowest BCUT2D eigenvalue weighted by molar-refractivity contribution is -0.122. The van der Waals surface area contributed by atoms with Gasteiger partial charge in [0, 0.05) is 0 Å². The van der Waals surface area contributed by atoms with Crippen molar-refractivity contribution < 1.29 is 13.2 Å². The van der Waals surface area contributed by atoms with E-state index in [4.69, 9.17) is 0 Å². The highest BCUT2D eigenvalue weighted by molar-refractivity contribution is 7.92. The number of nitrogens with one attached hydrogen (secondary N) is 1. The predicted octanol–water partition coefficient (Wildman–Crippen LogP) is 4.34. The number of sulfonamides is 1. The topological polar surface area (TPSA) is 66.5 Å². The van der Waals surface area contributed by atoms with Crippen LogP contribution in [-0.2, 0) is 14.8 Å². The molecule has 0 heterocycles. The van der Waals surface area contributed by atoms with Crippen LogP contribution in [0.2, 0.25) is 0 Å². The van der Waals surface area contributed by atoms with Crippen molar-refractivity contribution in [2.24, 2.45) is 0 Å². The van der Waals surface area contributed by atoms with Crippen LogP contribution in [0.3, 0.4) is 0 Å². The zero-order chi connectivity index (χ0) is 21.9. The molecule has 0 unspecified atom stereocenters. The van der Waals surface area contributed by atoms with Crippen molar-refractivity contribution in [3.05, 3.63) is 64.2 Å². The van der Waals surface area contributed by atoms with Gasteiger partial charge in [0.25, 0.3) is 0 Å². The lowest BCUT2D eigenvalue weighted by atomic mass is 9.97. The van der Waals surface area contributed by atoms with Crippen LogP contribution in [0.25, 0.3) is 0 Å². The summed E-state index contributed by atoms with van der Waals surface area (Å²) in [5, 5.41) is 3.05. The molecular formula is C23H32N2O3S. The number of hydrogen-bond acceptors (Lipinski definition) is 3. The SMILES string of the molecule is CC[C@@H](NC(=O)[C@H](C)N(c1ccc(C)c(C)c1)S(C)(=O)=O)c1ccc(C)cc1C. The van der Waals surface area contributed by atoms with Crippen LogP contribution < -0.4 is 9.62 Å². The number of carbonyl (C=O) groups excluding carboxylic acids is 1. The highest BCUT2D eigenvalue weighted by Crippen LogP contribution is 2.26. The predicted molar refractivity (Wildman–Crippen MR) is 120 cm³/mol. The number of nitrogens with zero attached hydrogens (tertiary/aromatic N) is 1. The first-order valence-corrected chi connectivity index (χ1v) is 11.7. The molecular weight excluding hydrogens is 384 g/mol. The van der Waals surface area contributed by atoms with Gasteiger partial charge in [0.2, 0.25) is 15.9 Å². The average Bonchev–Trinajstić information content (AvgIpc) is 2.62.